The molecule has 0 radical (unpaired) electrons. The van der Waals surface area contributed by atoms with Gasteiger partial charge in [0.2, 0.25) is 5.91 Å². The predicted molar refractivity (Wildman–Crippen MR) is 96.3 cm³/mol. The number of hydrogen-bond donors (Lipinski definition) is 2. The Morgan fingerprint density at radius 2 is 2.04 bits per heavy atom. The largest absolute Gasteiger partial charge is 0.344 e. The maximum atomic E-state index is 12.9. The smallest absolute Gasteiger partial charge is 0.224 e. The first kappa shape index (κ1) is 15.4. The molecule has 0 spiro atoms. The first-order valence-corrected chi connectivity index (χ1v) is 9.55. The molecule has 2 aromatic rings. The number of piperidine rings is 2. The molecule has 3 heterocycles. The van der Waals surface area contributed by atoms with E-state index >= 15 is 0 Å². The zero-order valence-corrected chi connectivity index (χ0v) is 15.0. The lowest BCUT2D eigenvalue weighted by molar-refractivity contribution is -0.138. The Bertz CT molecular complexity index is 821. The summed E-state index contributed by atoms with van der Waals surface area (Å²) in [6.07, 6.45) is 5.72. The van der Waals surface area contributed by atoms with Crippen LogP contribution < -0.4 is 10.6 Å². The number of aromatic nitrogens is 2. The first-order chi connectivity index (χ1) is 12.0. The number of rotatable bonds is 4. The van der Waals surface area contributed by atoms with Gasteiger partial charge in [0, 0.05) is 18.0 Å². The molecule has 25 heavy (non-hydrogen) atoms. The molecule has 2 unspecified atom stereocenters. The van der Waals surface area contributed by atoms with Gasteiger partial charge in [-0.1, -0.05) is 6.07 Å². The van der Waals surface area contributed by atoms with Crippen LogP contribution in [0, 0.1) is 17.8 Å². The Kier molecular flexibility index (Phi) is 3.26. The lowest BCUT2D eigenvalue weighted by Gasteiger charge is -2.49. The molecule has 5 heteroatoms. The van der Waals surface area contributed by atoms with Crippen molar-refractivity contribution in [1.82, 2.24) is 20.0 Å². The van der Waals surface area contributed by atoms with E-state index in [1.165, 1.54) is 30.5 Å². The number of carbonyl (C=O) groups is 1. The Morgan fingerprint density at radius 3 is 2.72 bits per heavy atom. The topological polar surface area (TPSA) is 58.4 Å². The summed E-state index contributed by atoms with van der Waals surface area (Å²) in [6, 6.07) is 6.25. The third-order valence-electron chi connectivity index (χ3n) is 6.27. The number of imidazole rings is 1. The van der Waals surface area contributed by atoms with E-state index in [1.807, 2.05) is 6.07 Å². The fraction of sp³-hybridized carbons (Fsp3) is 0.600. The molecule has 5 rings (SSSR count). The van der Waals surface area contributed by atoms with Gasteiger partial charge < -0.3 is 15.0 Å². The highest BCUT2D eigenvalue weighted by Crippen LogP contribution is 2.44. The van der Waals surface area contributed by atoms with Crippen LogP contribution in [0.2, 0.25) is 0 Å². The Labute approximate surface area is 148 Å². The molecular formula is C20H26N4O. The quantitative estimate of drug-likeness (QED) is 0.900. The summed E-state index contributed by atoms with van der Waals surface area (Å²) in [5.74, 6) is 2.93. The molecule has 1 aliphatic heterocycles. The van der Waals surface area contributed by atoms with E-state index in [-0.39, 0.29) is 11.8 Å². The van der Waals surface area contributed by atoms with Crippen molar-refractivity contribution < 1.29 is 4.79 Å². The second-order valence-electron chi connectivity index (χ2n) is 8.60. The molecule has 2 bridgehead atoms. The lowest BCUT2D eigenvalue weighted by Crippen LogP contribution is -2.60. The van der Waals surface area contributed by atoms with Gasteiger partial charge in [-0.2, -0.15) is 0 Å². The summed E-state index contributed by atoms with van der Waals surface area (Å²) in [5.41, 5.74) is 1.90. The summed E-state index contributed by atoms with van der Waals surface area (Å²) in [5, 5.41) is 6.73. The fourth-order valence-electron chi connectivity index (χ4n) is 4.78. The summed E-state index contributed by atoms with van der Waals surface area (Å²) in [6.45, 7) is 6.12. The number of carbonyl (C=O) groups excluding carboxylic acids is 1. The second kappa shape index (κ2) is 5.31. The van der Waals surface area contributed by atoms with Gasteiger partial charge in [-0.15, -0.1) is 0 Å². The van der Waals surface area contributed by atoms with Crippen LogP contribution in [-0.2, 0) is 10.3 Å². The average molecular weight is 338 g/mol. The molecule has 0 aromatic carbocycles. The molecule has 2 aromatic heterocycles. The highest BCUT2D eigenvalue weighted by Gasteiger charge is 2.49. The van der Waals surface area contributed by atoms with Crippen molar-refractivity contribution in [2.45, 2.75) is 44.6 Å². The minimum atomic E-state index is -0.480. The van der Waals surface area contributed by atoms with Gasteiger partial charge in [-0.05, 0) is 70.2 Å². The van der Waals surface area contributed by atoms with Crippen molar-refractivity contribution >= 4 is 11.4 Å². The molecular weight excluding hydrogens is 312 g/mol. The molecule has 5 nitrogen and oxygen atoms in total. The van der Waals surface area contributed by atoms with E-state index in [4.69, 9.17) is 4.98 Å². The monoisotopic (exact) mass is 338 g/mol. The van der Waals surface area contributed by atoms with Crippen molar-refractivity contribution in [3.05, 3.63) is 35.9 Å². The van der Waals surface area contributed by atoms with E-state index in [1.54, 1.807) is 0 Å². The molecule has 3 fully saturated rings. The Balaban J connectivity index is 1.45. The van der Waals surface area contributed by atoms with Crippen molar-refractivity contribution in [2.24, 2.45) is 17.8 Å². The van der Waals surface area contributed by atoms with Gasteiger partial charge in [-0.3, -0.25) is 4.79 Å². The molecule has 1 amide bonds. The van der Waals surface area contributed by atoms with E-state index in [0.717, 1.165) is 18.9 Å². The van der Waals surface area contributed by atoms with E-state index < -0.39 is 5.54 Å². The van der Waals surface area contributed by atoms with Crippen LogP contribution in [0.1, 0.15) is 50.5 Å². The average Bonchev–Trinajstić information content (AvgIpc) is 3.34. The molecule has 2 N–H and O–H groups in total. The van der Waals surface area contributed by atoms with Gasteiger partial charge in [0.25, 0.3) is 0 Å². The van der Waals surface area contributed by atoms with Crippen LogP contribution in [0.5, 0.6) is 0 Å². The minimum absolute atomic E-state index is 0.176. The van der Waals surface area contributed by atoms with Crippen molar-refractivity contribution in [2.75, 3.05) is 13.1 Å². The van der Waals surface area contributed by atoms with Gasteiger partial charge in [-0.25, -0.2) is 4.98 Å². The van der Waals surface area contributed by atoms with Gasteiger partial charge >= 0.3 is 0 Å². The Hall–Kier alpha value is -1.88. The highest BCUT2D eigenvalue weighted by molar-refractivity contribution is 5.81. The van der Waals surface area contributed by atoms with Crippen molar-refractivity contribution in [3.63, 3.8) is 0 Å². The summed E-state index contributed by atoms with van der Waals surface area (Å²) < 4.78 is 2.16. The van der Waals surface area contributed by atoms with Crippen LogP contribution in [0.4, 0.5) is 0 Å². The normalized spacial score (nSPS) is 28.6. The second-order valence-corrected chi connectivity index (χ2v) is 8.60. The van der Waals surface area contributed by atoms with Crippen LogP contribution >= 0.6 is 0 Å². The molecule has 3 aliphatic rings. The SMILES string of the molecule is CC(C)(NC(=O)C1C2CNCC1C2)c1nc(C2CC2)c2ccccn12. The number of hydrogen-bond acceptors (Lipinski definition) is 3. The van der Waals surface area contributed by atoms with E-state index in [2.05, 4.69) is 47.2 Å². The standard InChI is InChI=1S/C20H26N4O/c1-20(2,23-18(25)16-13-9-14(16)11-21-10-13)19-22-17(12-6-7-12)15-5-3-4-8-24(15)19/h3-5,8,12-14,16,21H,6-7,9-11H2,1-2H3,(H,23,25). The van der Waals surface area contributed by atoms with E-state index in [9.17, 15) is 4.79 Å². The number of fused-ring (bicyclic) bond motifs is 3. The summed E-state index contributed by atoms with van der Waals surface area (Å²) >= 11 is 0. The highest BCUT2D eigenvalue weighted by atomic mass is 16.2. The van der Waals surface area contributed by atoms with Crippen molar-refractivity contribution in [3.8, 4) is 0 Å². The van der Waals surface area contributed by atoms with Crippen LogP contribution in [0.25, 0.3) is 5.52 Å². The molecule has 2 aliphatic carbocycles. The number of amides is 1. The molecule has 1 saturated heterocycles. The summed E-state index contributed by atoms with van der Waals surface area (Å²) in [7, 11) is 0. The Morgan fingerprint density at radius 1 is 1.28 bits per heavy atom. The van der Waals surface area contributed by atoms with Crippen LogP contribution in [0.15, 0.2) is 24.4 Å². The minimum Gasteiger partial charge on any atom is -0.344 e. The summed E-state index contributed by atoms with van der Waals surface area (Å²) in [4.78, 5) is 17.9. The maximum Gasteiger partial charge on any atom is 0.224 e. The number of nitrogens with one attached hydrogen (secondary N) is 2. The van der Waals surface area contributed by atoms with Crippen LogP contribution in [0.3, 0.4) is 0 Å². The third kappa shape index (κ3) is 2.40. The first-order valence-electron chi connectivity index (χ1n) is 9.55. The van der Waals surface area contributed by atoms with Crippen molar-refractivity contribution in [1.29, 1.82) is 0 Å². The van der Waals surface area contributed by atoms with Gasteiger partial charge in [0.1, 0.15) is 5.82 Å². The zero-order valence-electron chi connectivity index (χ0n) is 15.0. The fourth-order valence-corrected chi connectivity index (χ4v) is 4.78. The van der Waals surface area contributed by atoms with Gasteiger partial charge in [0.15, 0.2) is 0 Å². The maximum absolute atomic E-state index is 12.9. The van der Waals surface area contributed by atoms with Crippen LogP contribution in [-0.4, -0.2) is 28.4 Å². The number of pyridine rings is 1. The number of nitrogens with zero attached hydrogens (tertiary/aromatic N) is 2. The predicted octanol–water partition coefficient (Wildman–Crippen LogP) is 2.42. The van der Waals surface area contributed by atoms with Gasteiger partial charge in [0.05, 0.1) is 16.7 Å². The molecule has 2 saturated carbocycles. The molecule has 132 valence electrons. The zero-order chi connectivity index (χ0) is 17.2. The molecule has 2 atom stereocenters. The third-order valence-corrected chi connectivity index (χ3v) is 6.27. The lowest BCUT2D eigenvalue weighted by atomic mass is 9.61. The van der Waals surface area contributed by atoms with E-state index in [0.29, 0.717) is 17.8 Å².